The molecule has 122 valence electrons. The zero-order chi connectivity index (χ0) is 16.8. The second-order valence-electron chi connectivity index (χ2n) is 4.92. The van der Waals surface area contributed by atoms with Crippen LogP contribution in [0.4, 0.5) is 0 Å². The van der Waals surface area contributed by atoms with E-state index >= 15 is 0 Å². The number of nitrogens with zero attached hydrogens (tertiary/aromatic N) is 2. The minimum absolute atomic E-state index is 0. The van der Waals surface area contributed by atoms with Crippen molar-refractivity contribution >= 4 is 28.8 Å². The molecule has 0 saturated carbocycles. The van der Waals surface area contributed by atoms with Crippen LogP contribution in [0.1, 0.15) is 47.5 Å². The van der Waals surface area contributed by atoms with Crippen LogP contribution in [0.5, 0.6) is 0 Å². The molecule has 3 atom stereocenters. The number of rotatable bonds is 5. The Morgan fingerprint density at radius 2 is 1.77 bits per heavy atom. The van der Waals surface area contributed by atoms with E-state index in [-0.39, 0.29) is 29.2 Å². The van der Waals surface area contributed by atoms with E-state index in [1.54, 1.807) is 13.8 Å². The van der Waals surface area contributed by atoms with Crippen molar-refractivity contribution in [2.45, 2.75) is 47.5 Å². The summed E-state index contributed by atoms with van der Waals surface area (Å²) in [5.74, 6) is 0.903. The molecule has 1 rings (SSSR count). The zero-order valence-electron chi connectivity index (χ0n) is 15.3. The van der Waals surface area contributed by atoms with E-state index in [1.807, 2.05) is 25.3 Å². The summed E-state index contributed by atoms with van der Waals surface area (Å²) in [6.07, 6.45) is 10.1. The van der Waals surface area contributed by atoms with Crippen LogP contribution in [-0.2, 0) is 0 Å². The molecule has 0 N–H and O–H groups in total. The minimum atomic E-state index is 0. The van der Waals surface area contributed by atoms with Gasteiger partial charge in [0.1, 0.15) is 0 Å². The summed E-state index contributed by atoms with van der Waals surface area (Å²) >= 11 is 0. The van der Waals surface area contributed by atoms with Gasteiger partial charge in [-0.3, -0.25) is 4.99 Å². The molecule has 1 aliphatic carbocycles. The maximum absolute atomic E-state index is 10.2. The first-order valence-electron chi connectivity index (χ1n) is 7.87. The summed E-state index contributed by atoms with van der Waals surface area (Å²) < 4.78 is 0. The zero-order valence-corrected chi connectivity index (χ0v) is 16.5. The van der Waals surface area contributed by atoms with Crippen molar-refractivity contribution in [3.63, 3.8) is 0 Å². The molecule has 0 aromatic rings. The maximum Gasteiger partial charge on any atom is 3.00 e. The summed E-state index contributed by atoms with van der Waals surface area (Å²) in [6, 6.07) is 0. The topological polar surface area (TPSA) is 34.7 Å². The third-order valence-corrected chi connectivity index (χ3v) is 3.62. The second kappa shape index (κ2) is 16.7. The van der Waals surface area contributed by atoms with Crippen LogP contribution in [0.25, 0.3) is 5.41 Å². The normalized spacial score (nSPS) is 19.8. The number of aliphatic imine (C=N–C) groups is 1. The van der Waals surface area contributed by atoms with Crippen molar-refractivity contribution in [1.29, 1.82) is 0 Å². The van der Waals surface area contributed by atoms with E-state index in [0.29, 0.717) is 11.6 Å². The standard InChI is InChI=1S/C15H23N2.2C2H5.Al/c1-5-11(2)10-14(16)12(3)13-8-6-7-9-15(13)17-4;2*1-2;/h6-9,11-13H,5,10H2,1-4H3;2*1H2,2H3;/q3*-1;+3. The predicted molar refractivity (Wildman–Crippen MR) is 105 cm³/mol. The first-order valence-corrected chi connectivity index (χ1v) is 7.87. The molecule has 2 nitrogen and oxygen atoms in total. The van der Waals surface area contributed by atoms with Gasteiger partial charge in [-0.15, -0.1) is 0 Å². The molecule has 1 aliphatic rings. The SMILES string of the molecule is CCC(C)CC(=[N-])C(C)C1C=CC=CC1=NC.[Al+3].[CH2-]C.[CH2-]C. The van der Waals surface area contributed by atoms with Gasteiger partial charge in [0.25, 0.3) is 0 Å². The number of hydrogen-bond acceptors (Lipinski definition) is 1. The molecule has 0 aromatic carbocycles. The molecular formula is C19H33AlN2. The van der Waals surface area contributed by atoms with Crippen molar-refractivity contribution < 1.29 is 0 Å². The second-order valence-corrected chi connectivity index (χ2v) is 4.92. The van der Waals surface area contributed by atoms with Crippen LogP contribution < -0.4 is 0 Å². The fourth-order valence-corrected chi connectivity index (χ4v) is 2.09. The fraction of sp³-hybridized carbons (Fsp3) is 0.579. The number of hydrogen-bond donors (Lipinski definition) is 0. The van der Waals surface area contributed by atoms with Gasteiger partial charge in [-0.25, -0.2) is 5.71 Å². The molecule has 22 heavy (non-hydrogen) atoms. The molecule has 0 heterocycles. The van der Waals surface area contributed by atoms with E-state index in [0.717, 1.165) is 18.6 Å². The van der Waals surface area contributed by atoms with Gasteiger partial charge in [0.15, 0.2) is 0 Å². The van der Waals surface area contributed by atoms with Gasteiger partial charge < -0.3 is 19.3 Å². The molecule has 0 saturated heterocycles. The van der Waals surface area contributed by atoms with E-state index < -0.39 is 0 Å². The third kappa shape index (κ3) is 9.39. The van der Waals surface area contributed by atoms with Gasteiger partial charge in [0.05, 0.1) is 0 Å². The third-order valence-electron chi connectivity index (χ3n) is 3.62. The van der Waals surface area contributed by atoms with Gasteiger partial charge in [-0.1, -0.05) is 51.8 Å². The van der Waals surface area contributed by atoms with E-state index in [2.05, 4.69) is 45.7 Å². The van der Waals surface area contributed by atoms with Crippen LogP contribution in [-0.4, -0.2) is 35.8 Å². The van der Waals surface area contributed by atoms with Gasteiger partial charge in [0, 0.05) is 18.7 Å². The van der Waals surface area contributed by atoms with Crippen molar-refractivity contribution in [2.24, 2.45) is 22.7 Å². The molecule has 0 amide bonds. The van der Waals surface area contributed by atoms with Crippen LogP contribution in [0.2, 0.25) is 0 Å². The summed E-state index contributed by atoms with van der Waals surface area (Å²) in [6.45, 7) is 16.4. The molecule has 3 unspecified atom stereocenters. The Morgan fingerprint density at radius 1 is 1.23 bits per heavy atom. The van der Waals surface area contributed by atoms with E-state index in [1.165, 1.54) is 0 Å². The quantitative estimate of drug-likeness (QED) is 0.380. The van der Waals surface area contributed by atoms with Gasteiger partial charge in [-0.2, -0.15) is 13.8 Å². The largest absolute Gasteiger partial charge is 3.00 e. The molecule has 0 spiro atoms. The molecule has 0 aliphatic heterocycles. The number of allylic oxidation sites excluding steroid dienone is 4. The van der Waals surface area contributed by atoms with Crippen LogP contribution in [0.3, 0.4) is 0 Å². The van der Waals surface area contributed by atoms with Crippen molar-refractivity contribution in [3.8, 4) is 0 Å². The smallest absolute Gasteiger partial charge is 0.811 e. The Kier molecular flexibility index (Phi) is 20.0. The van der Waals surface area contributed by atoms with Gasteiger partial charge in [-0.05, 0) is 17.9 Å². The van der Waals surface area contributed by atoms with Crippen molar-refractivity contribution in [2.75, 3.05) is 7.05 Å². The van der Waals surface area contributed by atoms with E-state index in [4.69, 9.17) is 0 Å². The molecule has 0 fully saturated rings. The fourth-order valence-electron chi connectivity index (χ4n) is 2.09. The summed E-state index contributed by atoms with van der Waals surface area (Å²) in [5, 5.41) is 10.2. The molecule has 0 radical (unpaired) electrons. The Hall–Kier alpha value is -0.648. The van der Waals surface area contributed by atoms with Crippen molar-refractivity contribution in [3.05, 3.63) is 43.6 Å². The summed E-state index contributed by atoms with van der Waals surface area (Å²) in [4.78, 5) is 4.29. The molecule has 0 aromatic heterocycles. The Bertz CT molecular complexity index is 356. The van der Waals surface area contributed by atoms with Gasteiger partial charge >= 0.3 is 17.4 Å². The minimum Gasteiger partial charge on any atom is -0.811 e. The van der Waals surface area contributed by atoms with Crippen LogP contribution >= 0.6 is 0 Å². The summed E-state index contributed by atoms with van der Waals surface area (Å²) in [5.41, 5.74) is 1.65. The Balaban J connectivity index is -0.000000665. The molecule has 3 heteroatoms. The van der Waals surface area contributed by atoms with E-state index in [9.17, 15) is 5.41 Å². The average Bonchev–Trinajstić information content (AvgIpc) is 2.57. The first-order chi connectivity index (χ1) is 10.1. The molecule has 0 bridgehead atoms. The average molecular weight is 316 g/mol. The van der Waals surface area contributed by atoms with Gasteiger partial charge in [0.2, 0.25) is 0 Å². The van der Waals surface area contributed by atoms with Crippen molar-refractivity contribution in [1.82, 2.24) is 0 Å². The Labute approximate surface area is 149 Å². The first kappa shape index (κ1) is 26.3. The molecular weight excluding hydrogens is 283 g/mol. The monoisotopic (exact) mass is 316 g/mol. The van der Waals surface area contributed by atoms with Crippen LogP contribution in [0.15, 0.2) is 29.3 Å². The summed E-state index contributed by atoms with van der Waals surface area (Å²) in [7, 11) is 1.81. The van der Waals surface area contributed by atoms with Crippen LogP contribution in [0, 0.1) is 31.6 Å². The predicted octanol–water partition coefficient (Wildman–Crippen LogP) is 5.18. The maximum atomic E-state index is 10.2. The Morgan fingerprint density at radius 3 is 2.23 bits per heavy atom.